The van der Waals surface area contributed by atoms with Gasteiger partial charge in [0.2, 0.25) is 5.95 Å². The van der Waals surface area contributed by atoms with Crippen molar-refractivity contribution in [3.05, 3.63) is 144 Å². The molecule has 0 radical (unpaired) electrons. The fourth-order valence-electron chi connectivity index (χ4n) is 8.08. The maximum absolute atomic E-state index is 6.16. The molecule has 210 valence electrons. The van der Waals surface area contributed by atoms with E-state index in [0.717, 1.165) is 49.8 Å². The van der Waals surface area contributed by atoms with Crippen LogP contribution in [0.4, 0.5) is 11.6 Å². The SMILES string of the molecule is C1=CC2C3C(=c4c5ccccc5c(n42)=C1)N(c1nc(-c2ccc4oc5ccccc5c4c2)c2ccccc2n1)c1ccccc13. The third-order valence-corrected chi connectivity index (χ3v) is 9.89. The third kappa shape index (κ3) is 2.97. The molecule has 0 N–H and O–H groups in total. The molecular weight excluding hydrogens is 552 g/mol. The number of hydrogen-bond donors (Lipinski definition) is 0. The molecule has 5 aromatic carbocycles. The minimum atomic E-state index is 0.177. The highest BCUT2D eigenvalue weighted by Crippen LogP contribution is 2.54. The van der Waals surface area contributed by atoms with Crippen molar-refractivity contribution in [3.8, 4) is 11.3 Å². The van der Waals surface area contributed by atoms with E-state index in [9.17, 15) is 0 Å². The summed E-state index contributed by atoms with van der Waals surface area (Å²) in [5.41, 5.74) is 8.36. The van der Waals surface area contributed by atoms with E-state index < -0.39 is 0 Å². The second-order valence-corrected chi connectivity index (χ2v) is 12.1. The Hall–Kier alpha value is -5.94. The van der Waals surface area contributed by atoms with E-state index in [1.165, 1.54) is 32.7 Å². The predicted molar refractivity (Wildman–Crippen MR) is 181 cm³/mol. The van der Waals surface area contributed by atoms with Crippen molar-refractivity contribution >= 4 is 67.0 Å². The van der Waals surface area contributed by atoms with E-state index in [-0.39, 0.29) is 12.0 Å². The number of benzene rings is 5. The maximum Gasteiger partial charge on any atom is 0.235 e. The minimum Gasteiger partial charge on any atom is -0.456 e. The van der Waals surface area contributed by atoms with Gasteiger partial charge in [-0.3, -0.25) is 4.90 Å². The number of para-hydroxylation sites is 3. The van der Waals surface area contributed by atoms with Gasteiger partial charge in [-0.2, -0.15) is 0 Å². The van der Waals surface area contributed by atoms with Crippen molar-refractivity contribution in [1.82, 2.24) is 14.5 Å². The smallest absolute Gasteiger partial charge is 0.235 e. The van der Waals surface area contributed by atoms with Gasteiger partial charge < -0.3 is 8.98 Å². The summed E-state index contributed by atoms with van der Waals surface area (Å²) in [5, 5.41) is 8.31. The summed E-state index contributed by atoms with van der Waals surface area (Å²) in [5.74, 6) is 0.869. The summed E-state index contributed by atoms with van der Waals surface area (Å²) in [7, 11) is 0. The number of aromatic nitrogens is 3. The Morgan fingerprint density at radius 2 is 1.40 bits per heavy atom. The van der Waals surface area contributed by atoms with Crippen LogP contribution in [-0.2, 0) is 0 Å². The topological polar surface area (TPSA) is 47.1 Å². The first-order chi connectivity index (χ1) is 22.3. The molecule has 5 nitrogen and oxygen atoms in total. The molecular formula is C40H24N4O. The monoisotopic (exact) mass is 576 g/mol. The number of anilines is 2. The largest absolute Gasteiger partial charge is 0.456 e. The van der Waals surface area contributed by atoms with Gasteiger partial charge in [0.25, 0.3) is 0 Å². The van der Waals surface area contributed by atoms with Crippen LogP contribution in [0.1, 0.15) is 17.5 Å². The van der Waals surface area contributed by atoms with Crippen LogP contribution in [0.5, 0.6) is 0 Å². The van der Waals surface area contributed by atoms with Gasteiger partial charge in [-0.1, -0.05) is 91.0 Å². The van der Waals surface area contributed by atoms with E-state index in [1.807, 2.05) is 12.1 Å². The first kappa shape index (κ1) is 23.5. The maximum atomic E-state index is 6.16. The molecule has 11 rings (SSSR count). The summed E-state index contributed by atoms with van der Waals surface area (Å²) in [6.45, 7) is 0. The molecule has 0 bridgehead atoms. The zero-order valence-electron chi connectivity index (χ0n) is 24.1. The van der Waals surface area contributed by atoms with Gasteiger partial charge in [-0.15, -0.1) is 0 Å². The van der Waals surface area contributed by atoms with Gasteiger partial charge in [-0.05, 0) is 48.0 Å². The normalized spacial score (nSPS) is 17.8. The molecule has 3 aliphatic rings. The standard InChI is InChI=1S/C40H24N4O/c1-2-12-26-24(10-1)31-17-9-18-33-36-28-14-4-7-16-32(28)44(39(36)38(26)43(31)33)40-41-30-15-6-3-13-27(30)37(42-40)23-20-21-35-29(22-23)25-11-5-8-19-34(25)45-35/h1-22,33,36H. The molecule has 3 aliphatic heterocycles. The van der Waals surface area contributed by atoms with Crippen molar-refractivity contribution in [3.63, 3.8) is 0 Å². The summed E-state index contributed by atoms with van der Waals surface area (Å²) >= 11 is 0. The predicted octanol–water partition coefficient (Wildman–Crippen LogP) is 8.10. The highest BCUT2D eigenvalue weighted by atomic mass is 16.3. The summed E-state index contributed by atoms with van der Waals surface area (Å²) < 4.78 is 8.70. The molecule has 3 aromatic heterocycles. The summed E-state index contributed by atoms with van der Waals surface area (Å²) in [6.07, 6.45) is 6.83. The number of furan rings is 1. The van der Waals surface area contributed by atoms with Crippen LogP contribution in [0.3, 0.4) is 0 Å². The van der Waals surface area contributed by atoms with Crippen LogP contribution in [0.2, 0.25) is 0 Å². The molecule has 5 heteroatoms. The fraction of sp³-hybridized carbons (Fsp3) is 0.0500. The lowest BCUT2D eigenvalue weighted by atomic mass is 9.91. The third-order valence-electron chi connectivity index (χ3n) is 9.89. The number of hydrogen-bond acceptors (Lipinski definition) is 4. The van der Waals surface area contributed by atoms with Crippen molar-refractivity contribution in [2.45, 2.75) is 12.0 Å². The van der Waals surface area contributed by atoms with Gasteiger partial charge >= 0.3 is 0 Å². The van der Waals surface area contributed by atoms with Crippen molar-refractivity contribution in [2.75, 3.05) is 4.90 Å². The summed E-state index contributed by atoms with van der Waals surface area (Å²) in [4.78, 5) is 13.0. The van der Waals surface area contributed by atoms with Crippen LogP contribution < -0.4 is 15.6 Å². The number of nitrogens with zero attached hydrogens (tertiary/aromatic N) is 4. The Bertz CT molecular complexity index is 2750. The van der Waals surface area contributed by atoms with E-state index in [0.29, 0.717) is 5.95 Å². The van der Waals surface area contributed by atoms with E-state index in [2.05, 4.69) is 131 Å². The Balaban J connectivity index is 1.23. The zero-order valence-corrected chi connectivity index (χ0v) is 24.1. The lowest BCUT2D eigenvalue weighted by molar-refractivity contribution is 0.576. The van der Waals surface area contributed by atoms with Gasteiger partial charge in [0, 0.05) is 37.8 Å². The molecule has 0 saturated heterocycles. The van der Waals surface area contributed by atoms with Gasteiger partial charge in [0.05, 0.1) is 39.9 Å². The van der Waals surface area contributed by atoms with E-state index >= 15 is 0 Å². The quantitative estimate of drug-likeness (QED) is 0.209. The molecule has 45 heavy (non-hydrogen) atoms. The molecule has 8 aromatic rings. The number of fused-ring (bicyclic) bond motifs is 11. The second-order valence-electron chi connectivity index (χ2n) is 12.1. The average Bonchev–Trinajstić information content (AvgIpc) is 3.83. The summed E-state index contributed by atoms with van der Waals surface area (Å²) in [6, 6.07) is 40.7. The molecule has 0 aliphatic carbocycles. The lowest BCUT2D eigenvalue weighted by Crippen LogP contribution is -2.29. The van der Waals surface area contributed by atoms with Crippen LogP contribution in [0.25, 0.3) is 66.6 Å². The van der Waals surface area contributed by atoms with Crippen LogP contribution in [0.15, 0.2) is 132 Å². The van der Waals surface area contributed by atoms with E-state index in [1.54, 1.807) is 0 Å². The van der Waals surface area contributed by atoms with Crippen molar-refractivity contribution in [2.24, 2.45) is 0 Å². The molecule has 0 amide bonds. The highest BCUT2D eigenvalue weighted by molar-refractivity contribution is 6.07. The highest BCUT2D eigenvalue weighted by Gasteiger charge is 2.46. The molecule has 0 spiro atoms. The van der Waals surface area contributed by atoms with Gasteiger partial charge in [0.15, 0.2) is 0 Å². The molecule has 2 unspecified atom stereocenters. The first-order valence-corrected chi connectivity index (χ1v) is 15.4. The second kappa shape index (κ2) is 8.36. The zero-order chi connectivity index (χ0) is 29.2. The van der Waals surface area contributed by atoms with E-state index in [4.69, 9.17) is 14.4 Å². The average molecular weight is 577 g/mol. The molecule has 6 heterocycles. The Kier molecular flexibility index (Phi) is 4.37. The van der Waals surface area contributed by atoms with Gasteiger partial charge in [0.1, 0.15) is 11.2 Å². The van der Waals surface area contributed by atoms with Crippen LogP contribution in [0, 0.1) is 0 Å². The van der Waals surface area contributed by atoms with Crippen molar-refractivity contribution < 1.29 is 4.42 Å². The minimum absolute atomic E-state index is 0.177. The fourth-order valence-corrected chi connectivity index (χ4v) is 8.08. The number of allylic oxidation sites excluding steroid dienone is 2. The molecule has 0 saturated carbocycles. The Morgan fingerprint density at radius 1 is 0.644 bits per heavy atom. The Morgan fingerprint density at radius 3 is 2.33 bits per heavy atom. The van der Waals surface area contributed by atoms with Crippen LogP contribution in [-0.4, -0.2) is 14.5 Å². The molecule has 0 fully saturated rings. The van der Waals surface area contributed by atoms with Crippen molar-refractivity contribution in [1.29, 1.82) is 0 Å². The molecule has 2 atom stereocenters. The van der Waals surface area contributed by atoms with Gasteiger partial charge in [-0.25, -0.2) is 9.97 Å². The lowest BCUT2D eigenvalue weighted by Gasteiger charge is -2.22. The number of rotatable bonds is 2. The Labute approximate surface area is 257 Å². The van der Waals surface area contributed by atoms with Crippen LogP contribution >= 0.6 is 0 Å². The first-order valence-electron chi connectivity index (χ1n) is 15.4.